The Labute approximate surface area is 152 Å². The largest absolute Gasteiger partial charge is 0.462 e. The van der Waals surface area contributed by atoms with Crippen molar-refractivity contribution in [1.82, 2.24) is 4.57 Å². The third-order valence-corrected chi connectivity index (χ3v) is 4.56. The van der Waals surface area contributed by atoms with Gasteiger partial charge in [-0.25, -0.2) is 4.79 Å². The molecule has 1 N–H and O–H groups in total. The number of carbonyl (C=O) groups excluding carboxylic acids is 2. The second-order valence-electron chi connectivity index (χ2n) is 6.13. The molecule has 0 aliphatic rings. The van der Waals surface area contributed by atoms with Gasteiger partial charge in [0.25, 0.3) is 0 Å². The van der Waals surface area contributed by atoms with E-state index >= 15 is 0 Å². The average Bonchev–Trinajstić information content (AvgIpc) is 2.87. The van der Waals surface area contributed by atoms with E-state index in [1.807, 2.05) is 38.2 Å². The molecule has 3 aromatic rings. The quantitative estimate of drug-likeness (QED) is 0.711. The molecule has 0 aliphatic carbocycles. The molecule has 0 saturated carbocycles. The Morgan fingerprint density at radius 2 is 1.77 bits per heavy atom. The lowest BCUT2D eigenvalue weighted by molar-refractivity contribution is -0.115. The van der Waals surface area contributed by atoms with E-state index < -0.39 is 5.97 Å². The zero-order chi connectivity index (χ0) is 18.7. The van der Waals surface area contributed by atoms with Crippen LogP contribution >= 0.6 is 0 Å². The van der Waals surface area contributed by atoms with Gasteiger partial charge in [0.2, 0.25) is 5.91 Å². The van der Waals surface area contributed by atoms with Gasteiger partial charge in [-0.2, -0.15) is 0 Å². The summed E-state index contributed by atoms with van der Waals surface area (Å²) in [5.74, 6) is -0.606. The summed E-state index contributed by atoms with van der Waals surface area (Å²) in [6, 6.07) is 14.9. The van der Waals surface area contributed by atoms with Crippen LogP contribution in [0, 0.1) is 6.92 Å². The van der Waals surface area contributed by atoms with Gasteiger partial charge >= 0.3 is 5.97 Å². The Kier molecular flexibility index (Phi) is 5.07. The van der Waals surface area contributed by atoms with Crippen molar-refractivity contribution in [2.45, 2.75) is 20.3 Å². The zero-order valence-corrected chi connectivity index (χ0v) is 15.2. The summed E-state index contributed by atoms with van der Waals surface area (Å²) in [4.78, 5) is 24.7. The molecule has 5 heteroatoms. The minimum Gasteiger partial charge on any atom is -0.462 e. The highest BCUT2D eigenvalue weighted by molar-refractivity contribution is 6.02. The molecule has 134 valence electrons. The molecule has 0 unspecified atom stereocenters. The summed E-state index contributed by atoms with van der Waals surface area (Å²) in [5.41, 5.74) is 3.97. The first-order valence-corrected chi connectivity index (χ1v) is 8.61. The van der Waals surface area contributed by atoms with Crippen molar-refractivity contribution < 1.29 is 14.3 Å². The van der Waals surface area contributed by atoms with Gasteiger partial charge in [0.05, 0.1) is 24.3 Å². The van der Waals surface area contributed by atoms with Crippen LogP contribution < -0.4 is 5.32 Å². The summed E-state index contributed by atoms with van der Waals surface area (Å²) in [5, 5.41) is 3.92. The van der Waals surface area contributed by atoms with Crippen molar-refractivity contribution >= 4 is 28.5 Å². The number of benzene rings is 2. The molecule has 0 fully saturated rings. The van der Waals surface area contributed by atoms with Crippen LogP contribution in [0.15, 0.2) is 48.5 Å². The summed E-state index contributed by atoms with van der Waals surface area (Å²) in [7, 11) is 2.00. The van der Waals surface area contributed by atoms with Crippen LogP contribution in [0.1, 0.15) is 28.5 Å². The maximum absolute atomic E-state index is 12.6. The summed E-state index contributed by atoms with van der Waals surface area (Å²) in [6.07, 6.45) is 0.240. The lowest BCUT2D eigenvalue weighted by Gasteiger charge is -2.10. The molecule has 2 aromatic carbocycles. The molecule has 0 aliphatic heterocycles. The number of amides is 1. The van der Waals surface area contributed by atoms with Gasteiger partial charge in [0.1, 0.15) is 0 Å². The van der Waals surface area contributed by atoms with Crippen molar-refractivity contribution in [2.75, 3.05) is 11.9 Å². The highest BCUT2D eigenvalue weighted by Crippen LogP contribution is 2.25. The minimum atomic E-state index is -0.440. The monoisotopic (exact) mass is 350 g/mol. The fraction of sp³-hybridized carbons (Fsp3) is 0.238. The van der Waals surface area contributed by atoms with Crippen LogP contribution in [0.25, 0.3) is 10.9 Å². The van der Waals surface area contributed by atoms with Gasteiger partial charge in [0.15, 0.2) is 0 Å². The first-order valence-electron chi connectivity index (χ1n) is 8.61. The number of hydrogen-bond acceptors (Lipinski definition) is 3. The fourth-order valence-electron chi connectivity index (χ4n) is 3.16. The Morgan fingerprint density at radius 3 is 2.54 bits per heavy atom. The first-order chi connectivity index (χ1) is 12.5. The van der Waals surface area contributed by atoms with Crippen LogP contribution in [0.3, 0.4) is 0 Å². The average molecular weight is 350 g/mol. The topological polar surface area (TPSA) is 60.3 Å². The molecular weight excluding hydrogens is 328 g/mol. The number of rotatable bonds is 5. The van der Waals surface area contributed by atoms with Gasteiger partial charge in [-0.15, -0.1) is 0 Å². The number of ether oxygens (including phenoxy) is 1. The number of nitrogens with one attached hydrogen (secondary N) is 1. The van der Waals surface area contributed by atoms with E-state index in [0.717, 1.165) is 22.2 Å². The van der Waals surface area contributed by atoms with Gasteiger partial charge in [-0.3, -0.25) is 4.79 Å². The third-order valence-electron chi connectivity index (χ3n) is 4.56. The smallest absolute Gasteiger partial charge is 0.340 e. The van der Waals surface area contributed by atoms with Crippen LogP contribution in [0.5, 0.6) is 0 Å². The number of hydrogen-bond donors (Lipinski definition) is 1. The number of para-hydroxylation sites is 2. The fourth-order valence-corrected chi connectivity index (χ4v) is 3.16. The Bertz CT molecular complexity index is 973. The predicted molar refractivity (Wildman–Crippen MR) is 102 cm³/mol. The molecule has 1 amide bonds. The second-order valence-corrected chi connectivity index (χ2v) is 6.13. The Hall–Kier alpha value is -3.08. The van der Waals surface area contributed by atoms with Gasteiger partial charge in [-0.1, -0.05) is 30.3 Å². The van der Waals surface area contributed by atoms with Gasteiger partial charge in [-0.05, 0) is 37.6 Å². The molecule has 3 rings (SSSR count). The normalized spacial score (nSPS) is 10.7. The lowest BCUT2D eigenvalue weighted by atomic mass is 10.1. The van der Waals surface area contributed by atoms with E-state index in [1.165, 1.54) is 0 Å². The van der Waals surface area contributed by atoms with Crippen LogP contribution in [0.2, 0.25) is 0 Å². The molecule has 0 spiro atoms. The maximum atomic E-state index is 12.6. The van der Waals surface area contributed by atoms with Crippen LogP contribution in [-0.4, -0.2) is 23.1 Å². The van der Waals surface area contributed by atoms with Crippen LogP contribution in [-0.2, 0) is 23.0 Å². The van der Waals surface area contributed by atoms with Crippen molar-refractivity contribution in [3.05, 3.63) is 65.4 Å². The maximum Gasteiger partial charge on any atom is 0.340 e. The standard InChI is InChI=1S/C21H22N2O3/c1-4-26-21(25)16-10-5-7-11-18(16)22-20(24)13-17-14(2)23(3)19-12-8-6-9-15(17)19/h5-12H,4,13H2,1-3H3,(H,22,24). The zero-order valence-electron chi connectivity index (χ0n) is 15.2. The first kappa shape index (κ1) is 17.7. The van der Waals surface area contributed by atoms with E-state index in [4.69, 9.17) is 4.74 Å². The number of aryl methyl sites for hydroxylation is 1. The minimum absolute atomic E-state index is 0.166. The number of carbonyl (C=O) groups is 2. The van der Waals surface area contributed by atoms with Crippen molar-refractivity contribution in [3.63, 3.8) is 0 Å². The Morgan fingerprint density at radius 1 is 1.08 bits per heavy atom. The van der Waals surface area contributed by atoms with E-state index in [9.17, 15) is 9.59 Å². The van der Waals surface area contributed by atoms with Crippen molar-refractivity contribution in [2.24, 2.45) is 7.05 Å². The second kappa shape index (κ2) is 7.44. The lowest BCUT2D eigenvalue weighted by Crippen LogP contribution is -2.18. The molecule has 5 nitrogen and oxygen atoms in total. The van der Waals surface area contributed by atoms with Crippen molar-refractivity contribution in [1.29, 1.82) is 0 Å². The molecule has 1 heterocycles. The van der Waals surface area contributed by atoms with E-state index in [2.05, 4.69) is 9.88 Å². The van der Waals surface area contributed by atoms with E-state index in [1.54, 1.807) is 31.2 Å². The van der Waals surface area contributed by atoms with E-state index in [-0.39, 0.29) is 18.9 Å². The highest BCUT2D eigenvalue weighted by atomic mass is 16.5. The number of fused-ring (bicyclic) bond motifs is 1. The third kappa shape index (κ3) is 3.33. The molecule has 26 heavy (non-hydrogen) atoms. The van der Waals surface area contributed by atoms with Gasteiger partial charge < -0.3 is 14.6 Å². The Balaban J connectivity index is 1.85. The predicted octanol–water partition coefficient (Wildman–Crippen LogP) is 3.84. The van der Waals surface area contributed by atoms with Crippen LogP contribution in [0.4, 0.5) is 5.69 Å². The van der Waals surface area contributed by atoms with Gasteiger partial charge in [0, 0.05) is 23.6 Å². The molecule has 0 saturated heterocycles. The number of nitrogens with zero attached hydrogens (tertiary/aromatic N) is 1. The summed E-state index contributed by atoms with van der Waals surface area (Å²) >= 11 is 0. The summed E-state index contributed by atoms with van der Waals surface area (Å²) < 4.78 is 7.14. The molecule has 0 bridgehead atoms. The SMILES string of the molecule is CCOC(=O)c1ccccc1NC(=O)Cc1c(C)n(C)c2ccccc12. The number of anilines is 1. The highest BCUT2D eigenvalue weighted by Gasteiger charge is 2.17. The number of esters is 1. The molecule has 0 radical (unpaired) electrons. The molecule has 0 atom stereocenters. The van der Waals surface area contributed by atoms with Crippen molar-refractivity contribution in [3.8, 4) is 0 Å². The summed E-state index contributed by atoms with van der Waals surface area (Å²) in [6.45, 7) is 4.05. The molecular formula is C21H22N2O3. The van der Waals surface area contributed by atoms with E-state index in [0.29, 0.717) is 11.3 Å². The molecule has 1 aromatic heterocycles. The number of aromatic nitrogens is 1.